The molecular weight excluding hydrogens is 376 g/mol. The highest BCUT2D eigenvalue weighted by Crippen LogP contribution is 2.34. The average Bonchev–Trinajstić information content (AvgIpc) is 3.32. The van der Waals surface area contributed by atoms with Crippen LogP contribution in [0.15, 0.2) is 23.7 Å². The summed E-state index contributed by atoms with van der Waals surface area (Å²) >= 11 is 1.57. The molecule has 1 saturated carbocycles. The molecule has 1 aliphatic carbocycles. The zero-order chi connectivity index (χ0) is 19.9. The van der Waals surface area contributed by atoms with Crippen molar-refractivity contribution in [3.63, 3.8) is 0 Å². The van der Waals surface area contributed by atoms with Crippen LogP contribution in [0.2, 0.25) is 0 Å². The van der Waals surface area contributed by atoms with Crippen molar-refractivity contribution >= 4 is 28.8 Å². The fourth-order valence-corrected chi connectivity index (χ4v) is 3.65. The number of aryl methyl sites for hydroxylation is 1. The molecule has 3 heterocycles. The Labute approximate surface area is 166 Å². The molecule has 0 unspecified atom stereocenters. The van der Waals surface area contributed by atoms with Gasteiger partial charge in [-0.05, 0) is 32.9 Å². The molecule has 1 amide bonds. The van der Waals surface area contributed by atoms with Gasteiger partial charge in [0.1, 0.15) is 16.9 Å². The quantitative estimate of drug-likeness (QED) is 0.482. The third-order valence-corrected chi connectivity index (χ3v) is 5.79. The Bertz CT molecular complexity index is 1060. The highest BCUT2D eigenvalue weighted by Gasteiger charge is 2.40. The Morgan fingerprint density at radius 2 is 2.11 bits per heavy atom. The molecule has 4 rings (SSSR count). The molecule has 0 bridgehead atoms. The molecule has 3 aromatic rings. The van der Waals surface area contributed by atoms with Crippen LogP contribution in [-0.2, 0) is 6.54 Å². The number of hydrogen-bond donors (Lipinski definition) is 2. The van der Waals surface area contributed by atoms with Crippen LogP contribution in [0.3, 0.4) is 0 Å². The number of hydrogen-bond acceptors (Lipinski definition) is 7. The van der Waals surface area contributed by atoms with Gasteiger partial charge in [0.05, 0.1) is 29.1 Å². The molecule has 2 N–H and O–H groups in total. The van der Waals surface area contributed by atoms with Crippen LogP contribution in [0.5, 0.6) is 0 Å². The highest BCUT2D eigenvalue weighted by molar-refractivity contribution is 7.98. The number of carbonyl (C=O) groups is 1. The lowest BCUT2D eigenvalue weighted by molar-refractivity contribution is 0.0897. The molecule has 0 radical (unpaired) electrons. The minimum absolute atomic E-state index is 0.250. The molecule has 28 heavy (non-hydrogen) atoms. The van der Waals surface area contributed by atoms with Crippen molar-refractivity contribution in [3.8, 4) is 0 Å². The summed E-state index contributed by atoms with van der Waals surface area (Å²) in [7, 11) is 0. The first-order chi connectivity index (χ1) is 13.4. The lowest BCUT2D eigenvalue weighted by Gasteiger charge is -2.09. The van der Waals surface area contributed by atoms with Gasteiger partial charge < -0.3 is 15.0 Å². The van der Waals surface area contributed by atoms with Crippen molar-refractivity contribution in [2.75, 3.05) is 12.8 Å². The normalized spacial score (nSPS) is 15.0. The second-order valence-electron chi connectivity index (χ2n) is 7.22. The lowest BCUT2D eigenvalue weighted by Crippen LogP contribution is -2.33. The number of aromatic nitrogens is 5. The van der Waals surface area contributed by atoms with Crippen molar-refractivity contribution in [1.82, 2.24) is 29.8 Å². The van der Waals surface area contributed by atoms with Crippen LogP contribution in [0.4, 0.5) is 0 Å². The number of thioether (sulfide) groups is 1. The predicted octanol–water partition coefficient (Wildman–Crippen LogP) is 1.86. The number of nitrogens with one attached hydrogen (secondary N) is 1. The van der Waals surface area contributed by atoms with E-state index in [0.29, 0.717) is 23.3 Å². The number of amides is 1. The molecule has 0 aliphatic heterocycles. The maximum atomic E-state index is 12.7. The van der Waals surface area contributed by atoms with E-state index in [1.165, 1.54) is 0 Å². The summed E-state index contributed by atoms with van der Waals surface area (Å²) in [4.78, 5) is 30.5. The van der Waals surface area contributed by atoms with E-state index in [9.17, 15) is 9.90 Å². The lowest BCUT2D eigenvalue weighted by atomic mass is 10.2. The van der Waals surface area contributed by atoms with Gasteiger partial charge in [-0.3, -0.25) is 9.78 Å². The first-order valence-electron chi connectivity index (χ1n) is 9.08. The zero-order valence-corrected chi connectivity index (χ0v) is 16.9. The molecule has 9 heteroatoms. The van der Waals surface area contributed by atoms with Crippen molar-refractivity contribution in [1.29, 1.82) is 0 Å². The molecule has 1 fully saturated rings. The molecule has 0 saturated heterocycles. The van der Waals surface area contributed by atoms with Gasteiger partial charge in [-0.1, -0.05) is 0 Å². The minimum atomic E-state index is -0.747. The summed E-state index contributed by atoms with van der Waals surface area (Å²) < 4.78 is 1.90. The Balaban J connectivity index is 1.70. The first kappa shape index (κ1) is 18.8. The number of aliphatic hydroxyl groups is 1. The van der Waals surface area contributed by atoms with Gasteiger partial charge in [-0.2, -0.15) is 0 Å². The zero-order valence-electron chi connectivity index (χ0n) is 16.1. The van der Waals surface area contributed by atoms with Crippen LogP contribution < -0.4 is 5.32 Å². The van der Waals surface area contributed by atoms with E-state index < -0.39 is 5.60 Å². The van der Waals surface area contributed by atoms with Crippen molar-refractivity contribution in [3.05, 3.63) is 41.2 Å². The summed E-state index contributed by atoms with van der Waals surface area (Å²) in [6.07, 6.45) is 8.39. The molecule has 0 atom stereocenters. The highest BCUT2D eigenvalue weighted by atomic mass is 32.2. The van der Waals surface area contributed by atoms with Crippen molar-refractivity contribution in [2.24, 2.45) is 0 Å². The second kappa shape index (κ2) is 7.14. The van der Waals surface area contributed by atoms with Crippen LogP contribution in [-0.4, -0.2) is 53.9 Å². The molecule has 1 aliphatic rings. The third-order valence-electron chi connectivity index (χ3n) is 4.99. The molecular formula is C19H22N6O2S. The van der Waals surface area contributed by atoms with E-state index in [1.807, 2.05) is 24.7 Å². The summed E-state index contributed by atoms with van der Waals surface area (Å²) in [6.45, 7) is 4.58. The number of nitrogens with zero attached hydrogens (tertiary/aromatic N) is 5. The topological polar surface area (TPSA) is 106 Å². The van der Waals surface area contributed by atoms with Crippen molar-refractivity contribution in [2.45, 2.75) is 43.9 Å². The van der Waals surface area contributed by atoms with Crippen LogP contribution in [0.1, 0.15) is 40.2 Å². The van der Waals surface area contributed by atoms with Gasteiger partial charge in [0.25, 0.3) is 5.91 Å². The van der Waals surface area contributed by atoms with Gasteiger partial charge in [0.2, 0.25) is 0 Å². The minimum Gasteiger partial charge on any atom is -0.388 e. The summed E-state index contributed by atoms with van der Waals surface area (Å²) in [6, 6.07) is 0. The monoisotopic (exact) mass is 398 g/mol. The van der Waals surface area contributed by atoms with Crippen molar-refractivity contribution < 1.29 is 9.90 Å². The molecule has 0 aromatic carbocycles. The van der Waals surface area contributed by atoms with Crippen LogP contribution in [0, 0.1) is 13.8 Å². The second-order valence-corrected chi connectivity index (χ2v) is 8.01. The maximum absolute atomic E-state index is 12.7. The van der Waals surface area contributed by atoms with E-state index >= 15 is 0 Å². The standard InChI is InChI=1S/C19H22N6O2S/c1-11-6-20-15-13(17(26)21-9-19(27)4-5-19)7-25(16(15)24-11)8-14-12(2)18(28-3)23-10-22-14/h6-7,10,27H,4-5,8-9H2,1-3H3,(H,21,26). The smallest absolute Gasteiger partial charge is 0.255 e. The van der Waals surface area contributed by atoms with Crippen LogP contribution >= 0.6 is 11.8 Å². The van der Waals surface area contributed by atoms with Gasteiger partial charge in [0, 0.05) is 24.5 Å². The number of fused-ring (bicyclic) bond motifs is 1. The van der Waals surface area contributed by atoms with Crippen LogP contribution in [0.25, 0.3) is 11.2 Å². The van der Waals surface area contributed by atoms with E-state index in [2.05, 4.69) is 25.3 Å². The van der Waals surface area contributed by atoms with E-state index in [-0.39, 0.29) is 12.5 Å². The fourth-order valence-electron chi connectivity index (χ4n) is 3.08. The predicted molar refractivity (Wildman–Crippen MR) is 106 cm³/mol. The Morgan fingerprint density at radius 1 is 1.32 bits per heavy atom. The maximum Gasteiger partial charge on any atom is 0.255 e. The summed E-state index contributed by atoms with van der Waals surface area (Å²) in [5.74, 6) is -0.258. The van der Waals surface area contributed by atoms with E-state index in [4.69, 9.17) is 0 Å². The Kier molecular flexibility index (Phi) is 4.80. The fraction of sp³-hybridized carbons (Fsp3) is 0.421. The molecule has 8 nitrogen and oxygen atoms in total. The third kappa shape index (κ3) is 3.59. The Morgan fingerprint density at radius 3 is 2.82 bits per heavy atom. The number of rotatable bonds is 6. The molecule has 3 aromatic heterocycles. The largest absolute Gasteiger partial charge is 0.388 e. The van der Waals surface area contributed by atoms with E-state index in [1.54, 1.807) is 30.5 Å². The van der Waals surface area contributed by atoms with Gasteiger partial charge >= 0.3 is 0 Å². The Hall–Kier alpha value is -2.52. The SMILES string of the molecule is CSc1ncnc(Cn2cc(C(=O)NCC3(O)CC3)c3ncc(C)nc32)c1C. The van der Waals surface area contributed by atoms with Gasteiger partial charge in [-0.25, -0.2) is 15.0 Å². The average molecular weight is 398 g/mol. The first-order valence-corrected chi connectivity index (χ1v) is 10.3. The molecule has 146 valence electrons. The van der Waals surface area contributed by atoms with Gasteiger partial charge in [0.15, 0.2) is 5.65 Å². The summed E-state index contributed by atoms with van der Waals surface area (Å²) in [5.41, 5.74) is 3.54. The molecule has 0 spiro atoms. The number of carbonyl (C=O) groups excluding carboxylic acids is 1. The summed E-state index contributed by atoms with van der Waals surface area (Å²) in [5, 5.41) is 13.7. The van der Waals surface area contributed by atoms with Gasteiger partial charge in [-0.15, -0.1) is 11.8 Å². The van der Waals surface area contributed by atoms with E-state index in [0.717, 1.165) is 34.8 Å².